The van der Waals surface area contributed by atoms with Gasteiger partial charge in [0, 0.05) is 17.8 Å². The molecule has 25 heavy (non-hydrogen) atoms. The van der Waals surface area contributed by atoms with E-state index in [0.29, 0.717) is 12.4 Å². The van der Waals surface area contributed by atoms with Crippen molar-refractivity contribution < 1.29 is 19.4 Å². The molecule has 0 spiro atoms. The standard InChI is InChI=1S/C18H23N3O4/c1-11(2)25-14-12(15(22)23)8-21-9-13(19-16(21)20-14)18-6-4-17(3,5-7-18)24-10-18/h8-9,11H,4-7,10H2,1-3H3,(H,22,23). The Hall–Kier alpha value is -2.15. The maximum Gasteiger partial charge on any atom is 0.342 e. The number of fused-ring (bicyclic) bond motifs is 4. The number of carbonyl (C=O) groups is 1. The highest BCUT2D eigenvalue weighted by Crippen LogP contribution is 2.49. The minimum absolute atomic E-state index is 0.00785. The fourth-order valence-electron chi connectivity index (χ4n) is 3.81. The molecule has 2 aromatic heterocycles. The van der Waals surface area contributed by atoms with Crippen LogP contribution in [0, 0.1) is 0 Å². The molecule has 0 unspecified atom stereocenters. The first-order valence-electron chi connectivity index (χ1n) is 8.74. The minimum atomic E-state index is -1.06. The van der Waals surface area contributed by atoms with Gasteiger partial charge in [0.1, 0.15) is 5.56 Å². The van der Waals surface area contributed by atoms with Crippen molar-refractivity contribution >= 4 is 11.7 Å². The number of hydrogen-bond acceptors (Lipinski definition) is 5. The molecule has 1 saturated carbocycles. The molecule has 2 aromatic rings. The molecule has 0 amide bonds. The second-order valence-corrected chi connectivity index (χ2v) is 7.78. The average molecular weight is 345 g/mol. The van der Waals surface area contributed by atoms with Gasteiger partial charge in [0.05, 0.1) is 24.0 Å². The maximum atomic E-state index is 11.5. The molecule has 7 nitrogen and oxygen atoms in total. The van der Waals surface area contributed by atoms with Crippen molar-refractivity contribution in [3.63, 3.8) is 0 Å². The minimum Gasteiger partial charge on any atom is -0.477 e. The van der Waals surface area contributed by atoms with Gasteiger partial charge in [-0.15, -0.1) is 0 Å². The van der Waals surface area contributed by atoms with Crippen LogP contribution in [0.15, 0.2) is 12.4 Å². The predicted octanol–water partition coefficient (Wildman–Crippen LogP) is 2.82. The molecule has 2 bridgehead atoms. The first-order chi connectivity index (χ1) is 11.8. The number of aromatic carboxylic acids is 1. The van der Waals surface area contributed by atoms with Crippen LogP contribution in [0.25, 0.3) is 5.78 Å². The zero-order valence-corrected chi connectivity index (χ0v) is 14.8. The molecule has 0 aromatic carbocycles. The van der Waals surface area contributed by atoms with E-state index >= 15 is 0 Å². The molecule has 7 heteroatoms. The average Bonchev–Trinajstić information content (AvgIpc) is 2.98. The summed E-state index contributed by atoms with van der Waals surface area (Å²) in [5.41, 5.74) is 0.889. The van der Waals surface area contributed by atoms with Crippen LogP contribution in [0.5, 0.6) is 5.88 Å². The Morgan fingerprint density at radius 2 is 2.00 bits per heavy atom. The number of imidazole rings is 1. The van der Waals surface area contributed by atoms with E-state index in [1.807, 2.05) is 20.0 Å². The number of aromatic nitrogens is 3. The van der Waals surface area contributed by atoms with E-state index < -0.39 is 5.97 Å². The normalized spacial score (nSPS) is 28.6. The SMILES string of the molecule is CC(C)Oc1nc2nc(C34CCC(C)(CC3)OC4)cn2cc1C(=O)O. The highest BCUT2D eigenvalue weighted by Gasteiger charge is 2.49. The topological polar surface area (TPSA) is 86.0 Å². The molecule has 5 rings (SSSR count). The smallest absolute Gasteiger partial charge is 0.342 e. The monoisotopic (exact) mass is 345 g/mol. The van der Waals surface area contributed by atoms with E-state index in [4.69, 9.17) is 14.5 Å². The van der Waals surface area contributed by atoms with Gasteiger partial charge >= 0.3 is 5.97 Å². The van der Waals surface area contributed by atoms with Gasteiger partial charge in [0.25, 0.3) is 0 Å². The Morgan fingerprint density at radius 1 is 1.28 bits per heavy atom. The molecule has 0 atom stereocenters. The van der Waals surface area contributed by atoms with Crippen LogP contribution in [0.4, 0.5) is 0 Å². The van der Waals surface area contributed by atoms with Crippen LogP contribution in [0.2, 0.25) is 0 Å². The van der Waals surface area contributed by atoms with Gasteiger partial charge in [-0.1, -0.05) is 0 Å². The Bertz CT molecular complexity index is 818. The second kappa shape index (κ2) is 5.42. The van der Waals surface area contributed by atoms with Crippen molar-refractivity contribution in [3.8, 4) is 5.88 Å². The Kier molecular flexibility index (Phi) is 3.54. The lowest BCUT2D eigenvalue weighted by Gasteiger charge is -2.51. The van der Waals surface area contributed by atoms with Crippen molar-refractivity contribution in [2.75, 3.05) is 6.61 Å². The molecule has 2 aliphatic heterocycles. The van der Waals surface area contributed by atoms with Crippen LogP contribution in [-0.4, -0.2) is 43.8 Å². The Balaban J connectivity index is 1.76. The van der Waals surface area contributed by atoms with E-state index in [1.165, 1.54) is 6.20 Å². The van der Waals surface area contributed by atoms with Gasteiger partial charge in [0.15, 0.2) is 0 Å². The van der Waals surface area contributed by atoms with E-state index in [1.54, 1.807) is 4.40 Å². The third kappa shape index (κ3) is 2.66. The number of carboxylic acid groups (broad SMARTS) is 1. The van der Waals surface area contributed by atoms with E-state index in [9.17, 15) is 9.90 Å². The lowest BCUT2D eigenvalue weighted by molar-refractivity contribution is -0.146. The van der Waals surface area contributed by atoms with Crippen molar-refractivity contribution in [2.24, 2.45) is 0 Å². The van der Waals surface area contributed by atoms with Gasteiger partial charge in [-0.25, -0.2) is 9.78 Å². The summed E-state index contributed by atoms with van der Waals surface area (Å²) in [5, 5.41) is 9.45. The third-order valence-electron chi connectivity index (χ3n) is 5.50. The van der Waals surface area contributed by atoms with Gasteiger partial charge in [-0.2, -0.15) is 4.98 Å². The fraction of sp³-hybridized carbons (Fsp3) is 0.611. The Labute approximate surface area is 146 Å². The highest BCUT2D eigenvalue weighted by molar-refractivity contribution is 5.90. The molecular formula is C18H23N3O4. The van der Waals surface area contributed by atoms with Crippen LogP contribution in [0.1, 0.15) is 62.5 Å². The lowest BCUT2D eigenvalue weighted by Crippen LogP contribution is -2.51. The van der Waals surface area contributed by atoms with E-state index in [0.717, 1.165) is 31.4 Å². The summed E-state index contributed by atoms with van der Waals surface area (Å²) in [6, 6.07) is 0. The van der Waals surface area contributed by atoms with E-state index in [2.05, 4.69) is 11.9 Å². The predicted molar refractivity (Wildman–Crippen MR) is 90.2 cm³/mol. The number of hydrogen-bond donors (Lipinski definition) is 1. The summed E-state index contributed by atoms with van der Waals surface area (Å²) in [6.45, 7) is 6.52. The number of nitrogens with zero attached hydrogens (tertiary/aromatic N) is 3. The zero-order chi connectivity index (χ0) is 17.8. The molecule has 134 valence electrons. The van der Waals surface area contributed by atoms with Crippen molar-refractivity contribution in [2.45, 2.75) is 63.6 Å². The van der Waals surface area contributed by atoms with Crippen LogP contribution < -0.4 is 4.74 Å². The van der Waals surface area contributed by atoms with E-state index in [-0.39, 0.29) is 28.6 Å². The largest absolute Gasteiger partial charge is 0.477 e. The number of rotatable bonds is 4. The maximum absolute atomic E-state index is 11.5. The van der Waals surface area contributed by atoms with Gasteiger partial charge < -0.3 is 14.6 Å². The summed E-state index contributed by atoms with van der Waals surface area (Å²) in [5.74, 6) is -0.488. The summed E-state index contributed by atoms with van der Waals surface area (Å²) >= 11 is 0. The quantitative estimate of drug-likeness (QED) is 0.917. The summed E-state index contributed by atoms with van der Waals surface area (Å²) < 4.78 is 13.3. The number of carboxylic acids is 1. The van der Waals surface area contributed by atoms with Crippen molar-refractivity contribution in [1.29, 1.82) is 0 Å². The van der Waals surface area contributed by atoms with Crippen molar-refractivity contribution in [3.05, 3.63) is 23.7 Å². The fourth-order valence-corrected chi connectivity index (χ4v) is 3.81. The Morgan fingerprint density at radius 3 is 2.56 bits per heavy atom. The first kappa shape index (κ1) is 16.3. The molecule has 4 heterocycles. The summed E-state index contributed by atoms with van der Waals surface area (Å²) in [6.07, 6.45) is 7.39. The zero-order valence-electron chi connectivity index (χ0n) is 14.8. The highest BCUT2D eigenvalue weighted by atomic mass is 16.5. The van der Waals surface area contributed by atoms with Gasteiger partial charge in [0.2, 0.25) is 11.7 Å². The first-order valence-corrected chi connectivity index (χ1v) is 8.74. The molecular weight excluding hydrogens is 322 g/mol. The van der Waals surface area contributed by atoms with Gasteiger partial charge in [-0.05, 0) is 46.5 Å². The molecule has 3 fully saturated rings. The molecule has 2 saturated heterocycles. The molecule has 0 radical (unpaired) electrons. The van der Waals surface area contributed by atoms with Gasteiger partial charge in [-0.3, -0.25) is 4.40 Å². The summed E-state index contributed by atoms with van der Waals surface area (Å²) in [4.78, 5) is 20.6. The summed E-state index contributed by atoms with van der Waals surface area (Å²) in [7, 11) is 0. The van der Waals surface area contributed by atoms with Crippen LogP contribution >= 0.6 is 0 Å². The molecule has 1 aliphatic carbocycles. The number of ether oxygens (including phenoxy) is 2. The van der Waals surface area contributed by atoms with Crippen LogP contribution in [0.3, 0.4) is 0 Å². The van der Waals surface area contributed by atoms with Crippen molar-refractivity contribution in [1.82, 2.24) is 14.4 Å². The molecule has 3 aliphatic rings. The van der Waals surface area contributed by atoms with Crippen LogP contribution in [-0.2, 0) is 10.2 Å². The third-order valence-corrected chi connectivity index (χ3v) is 5.50. The lowest BCUT2D eigenvalue weighted by atomic mass is 9.65. The second-order valence-electron chi connectivity index (χ2n) is 7.78. The molecule has 1 N–H and O–H groups in total.